The molecule has 0 saturated carbocycles. The summed E-state index contributed by atoms with van der Waals surface area (Å²) in [4.78, 5) is 4.45. The Kier molecular flexibility index (Phi) is 5.92. The van der Waals surface area contributed by atoms with E-state index in [2.05, 4.69) is 36.3 Å². The number of ether oxygens (including phenoxy) is 1. The molecule has 0 spiro atoms. The molecule has 0 radical (unpaired) electrons. The Balaban J connectivity index is 1.60. The average Bonchev–Trinajstić information content (AvgIpc) is 2.59. The maximum Gasteiger partial charge on any atom is 0.124 e. The van der Waals surface area contributed by atoms with E-state index in [1.54, 1.807) is 0 Å². The summed E-state index contributed by atoms with van der Waals surface area (Å²) in [6.45, 7) is 7.34. The number of nitrogens with zero attached hydrogens (tertiary/aromatic N) is 1. The third-order valence-corrected chi connectivity index (χ3v) is 4.96. The molecule has 1 aliphatic rings. The van der Waals surface area contributed by atoms with Gasteiger partial charge in [0.05, 0.1) is 12.3 Å². The predicted molar refractivity (Wildman–Crippen MR) is 104 cm³/mol. The minimum atomic E-state index is 0.550. The van der Waals surface area contributed by atoms with Gasteiger partial charge in [-0.25, -0.2) is 4.98 Å². The topological polar surface area (TPSA) is 60.2 Å². The predicted octanol–water partition coefficient (Wildman–Crippen LogP) is 4.11. The summed E-state index contributed by atoms with van der Waals surface area (Å²) in [5, 5.41) is 3.48. The number of nitrogens with one attached hydrogen (secondary N) is 1. The molecule has 1 aliphatic heterocycles. The van der Waals surface area contributed by atoms with Gasteiger partial charge in [0.15, 0.2) is 0 Å². The van der Waals surface area contributed by atoms with E-state index >= 15 is 0 Å². The molecule has 2 aromatic rings. The third kappa shape index (κ3) is 4.73. The lowest BCUT2D eigenvalue weighted by molar-refractivity contribution is 0.275. The SMILES string of the molecule is Cc1cc(OCCCC2CCCNC2)cc(C)c1-c1cccc(N)n1. The fourth-order valence-corrected chi connectivity index (χ4v) is 3.73. The minimum Gasteiger partial charge on any atom is -0.494 e. The molecular formula is C21H29N3O. The van der Waals surface area contributed by atoms with Crippen LogP contribution in [0.15, 0.2) is 30.3 Å². The molecule has 1 aromatic carbocycles. The molecule has 134 valence electrons. The maximum atomic E-state index is 6.01. The Morgan fingerprint density at radius 3 is 2.72 bits per heavy atom. The lowest BCUT2D eigenvalue weighted by Gasteiger charge is -2.22. The van der Waals surface area contributed by atoms with Gasteiger partial charge in [-0.3, -0.25) is 0 Å². The Labute approximate surface area is 150 Å². The van der Waals surface area contributed by atoms with E-state index in [-0.39, 0.29) is 0 Å². The van der Waals surface area contributed by atoms with E-state index in [0.29, 0.717) is 5.82 Å². The van der Waals surface area contributed by atoms with Crippen LogP contribution in [-0.2, 0) is 0 Å². The number of nitrogens with two attached hydrogens (primary N) is 1. The van der Waals surface area contributed by atoms with E-state index in [9.17, 15) is 0 Å². The fraction of sp³-hybridized carbons (Fsp3) is 0.476. The highest BCUT2D eigenvalue weighted by Gasteiger charge is 2.13. The van der Waals surface area contributed by atoms with Crippen molar-refractivity contribution in [2.45, 2.75) is 39.5 Å². The standard InChI is InChI=1S/C21H29N3O/c1-15-12-18(25-11-5-7-17-6-4-10-23-14-17)13-16(2)21(15)19-8-3-9-20(22)24-19/h3,8-9,12-13,17,23H,4-7,10-11,14H2,1-2H3,(H2,22,24). The van der Waals surface area contributed by atoms with Gasteiger partial charge in [-0.15, -0.1) is 0 Å². The molecule has 0 aliphatic carbocycles. The van der Waals surface area contributed by atoms with Gasteiger partial charge in [0.1, 0.15) is 11.6 Å². The molecule has 1 aromatic heterocycles. The van der Waals surface area contributed by atoms with Crippen molar-refractivity contribution in [2.24, 2.45) is 5.92 Å². The van der Waals surface area contributed by atoms with Gasteiger partial charge in [-0.1, -0.05) is 6.07 Å². The van der Waals surface area contributed by atoms with Crippen molar-refractivity contribution in [3.8, 4) is 17.0 Å². The lowest BCUT2D eigenvalue weighted by atomic mass is 9.95. The first-order valence-corrected chi connectivity index (χ1v) is 9.31. The molecule has 4 heteroatoms. The molecule has 1 saturated heterocycles. The van der Waals surface area contributed by atoms with Crippen LogP contribution >= 0.6 is 0 Å². The van der Waals surface area contributed by atoms with Gasteiger partial charge in [0, 0.05) is 5.56 Å². The number of nitrogen functional groups attached to an aromatic ring is 1. The van der Waals surface area contributed by atoms with Gasteiger partial charge >= 0.3 is 0 Å². The number of piperidine rings is 1. The van der Waals surface area contributed by atoms with Gasteiger partial charge in [0.25, 0.3) is 0 Å². The summed E-state index contributed by atoms with van der Waals surface area (Å²) in [6.07, 6.45) is 5.02. The van der Waals surface area contributed by atoms with Gasteiger partial charge in [-0.05, 0) is 93.9 Å². The molecule has 0 bridgehead atoms. The lowest BCUT2D eigenvalue weighted by Crippen LogP contribution is -2.29. The zero-order chi connectivity index (χ0) is 17.6. The number of rotatable bonds is 6. The van der Waals surface area contributed by atoms with Crippen LogP contribution in [0, 0.1) is 19.8 Å². The Morgan fingerprint density at radius 1 is 1.24 bits per heavy atom. The number of aromatic nitrogens is 1. The molecule has 3 rings (SSSR count). The second kappa shape index (κ2) is 8.34. The van der Waals surface area contributed by atoms with Crippen molar-refractivity contribution in [3.05, 3.63) is 41.5 Å². The first kappa shape index (κ1) is 17.7. The van der Waals surface area contributed by atoms with E-state index in [4.69, 9.17) is 10.5 Å². The number of benzene rings is 1. The number of anilines is 1. The fourth-order valence-electron chi connectivity index (χ4n) is 3.73. The monoisotopic (exact) mass is 339 g/mol. The van der Waals surface area contributed by atoms with Crippen molar-refractivity contribution < 1.29 is 4.74 Å². The van der Waals surface area contributed by atoms with E-state index < -0.39 is 0 Å². The molecule has 0 amide bonds. The first-order valence-electron chi connectivity index (χ1n) is 9.31. The Bertz CT molecular complexity index is 685. The third-order valence-electron chi connectivity index (χ3n) is 4.96. The number of pyridine rings is 1. The van der Waals surface area contributed by atoms with E-state index in [1.807, 2.05) is 18.2 Å². The largest absolute Gasteiger partial charge is 0.494 e. The molecule has 1 fully saturated rings. The first-order chi connectivity index (χ1) is 12.1. The Morgan fingerprint density at radius 2 is 2.04 bits per heavy atom. The highest BCUT2D eigenvalue weighted by atomic mass is 16.5. The van der Waals surface area contributed by atoms with Crippen molar-refractivity contribution in [3.63, 3.8) is 0 Å². The summed E-state index contributed by atoms with van der Waals surface area (Å²) in [6, 6.07) is 9.98. The Hall–Kier alpha value is -2.07. The zero-order valence-corrected chi connectivity index (χ0v) is 15.3. The summed E-state index contributed by atoms with van der Waals surface area (Å²) < 4.78 is 6.01. The van der Waals surface area contributed by atoms with Crippen LogP contribution < -0.4 is 15.8 Å². The van der Waals surface area contributed by atoms with Crippen molar-refractivity contribution in [2.75, 3.05) is 25.4 Å². The van der Waals surface area contributed by atoms with E-state index in [1.165, 1.54) is 43.5 Å². The van der Waals surface area contributed by atoms with Crippen LogP contribution in [0.25, 0.3) is 11.3 Å². The van der Waals surface area contributed by atoms with Gasteiger partial charge in [-0.2, -0.15) is 0 Å². The number of hydrogen-bond acceptors (Lipinski definition) is 4. The summed E-state index contributed by atoms with van der Waals surface area (Å²) in [5.74, 6) is 2.32. The average molecular weight is 339 g/mol. The zero-order valence-electron chi connectivity index (χ0n) is 15.3. The number of aryl methyl sites for hydroxylation is 2. The second-order valence-electron chi connectivity index (χ2n) is 7.08. The highest BCUT2D eigenvalue weighted by Crippen LogP contribution is 2.30. The second-order valence-corrected chi connectivity index (χ2v) is 7.08. The van der Waals surface area contributed by atoms with Crippen LogP contribution in [-0.4, -0.2) is 24.7 Å². The molecule has 1 atom stereocenters. The molecule has 3 N–H and O–H groups in total. The van der Waals surface area contributed by atoms with Crippen LogP contribution in [0.5, 0.6) is 5.75 Å². The van der Waals surface area contributed by atoms with E-state index in [0.717, 1.165) is 36.0 Å². The van der Waals surface area contributed by atoms with Crippen LogP contribution in [0.4, 0.5) is 5.82 Å². The van der Waals surface area contributed by atoms with Gasteiger partial charge in [0.2, 0.25) is 0 Å². The van der Waals surface area contributed by atoms with Crippen LogP contribution in [0.1, 0.15) is 36.8 Å². The minimum absolute atomic E-state index is 0.550. The van der Waals surface area contributed by atoms with Crippen molar-refractivity contribution in [1.82, 2.24) is 10.3 Å². The van der Waals surface area contributed by atoms with Crippen LogP contribution in [0.3, 0.4) is 0 Å². The summed E-state index contributed by atoms with van der Waals surface area (Å²) >= 11 is 0. The van der Waals surface area contributed by atoms with Crippen molar-refractivity contribution >= 4 is 5.82 Å². The summed E-state index contributed by atoms with van der Waals surface area (Å²) in [7, 11) is 0. The molecule has 2 heterocycles. The highest BCUT2D eigenvalue weighted by molar-refractivity contribution is 5.69. The molecule has 1 unspecified atom stereocenters. The number of hydrogen-bond donors (Lipinski definition) is 2. The maximum absolute atomic E-state index is 6.01. The molecular weight excluding hydrogens is 310 g/mol. The molecule has 25 heavy (non-hydrogen) atoms. The van der Waals surface area contributed by atoms with Crippen LogP contribution in [0.2, 0.25) is 0 Å². The summed E-state index contributed by atoms with van der Waals surface area (Å²) in [5.41, 5.74) is 10.2. The van der Waals surface area contributed by atoms with Crippen molar-refractivity contribution in [1.29, 1.82) is 0 Å². The molecule has 4 nitrogen and oxygen atoms in total. The normalized spacial score (nSPS) is 17.4. The quantitative estimate of drug-likeness (QED) is 0.778. The smallest absolute Gasteiger partial charge is 0.124 e. The van der Waals surface area contributed by atoms with Gasteiger partial charge < -0.3 is 15.8 Å².